The highest BCUT2D eigenvalue weighted by Gasteiger charge is 2.47. The molecule has 0 atom stereocenters. The Kier molecular flexibility index (Phi) is 1.37. The van der Waals surface area contributed by atoms with E-state index in [0.29, 0.717) is 6.04 Å². The number of H-pyrrole nitrogens is 1. The quantitative estimate of drug-likeness (QED) is 0.730. The number of rotatable bonds is 1. The topological polar surface area (TPSA) is 49.2 Å². The van der Waals surface area contributed by atoms with E-state index in [1.807, 2.05) is 0 Å². The third-order valence-electron chi connectivity index (χ3n) is 3.44. The molecule has 1 aromatic rings. The molecule has 0 spiro atoms. The summed E-state index contributed by atoms with van der Waals surface area (Å²) in [6, 6.07) is 0.671. The molecule has 0 amide bonds. The van der Waals surface area contributed by atoms with Crippen molar-refractivity contribution in [3.63, 3.8) is 0 Å². The van der Waals surface area contributed by atoms with Gasteiger partial charge >= 0.3 is 5.63 Å². The first-order valence-electron chi connectivity index (χ1n) is 5.08. The third kappa shape index (κ3) is 0.892. The van der Waals surface area contributed by atoms with Gasteiger partial charge in [-0.25, -0.2) is 9.95 Å². The molecule has 1 saturated carbocycles. The van der Waals surface area contributed by atoms with Crippen LogP contribution in [0.4, 0.5) is 0 Å². The number of aromatic amines is 1. The maximum atomic E-state index is 11.4. The standard InChI is InChI=1S/C10H14N2O2/c1-10(2)8-7(9(13)14-11-8)5-12(10)6-3-4-6/h6,11H,3-5H2,1-2H3. The molecule has 3 rings (SSSR count). The van der Waals surface area contributed by atoms with Crippen LogP contribution < -0.4 is 5.63 Å². The molecule has 0 bridgehead atoms. The molecular weight excluding hydrogens is 180 g/mol. The van der Waals surface area contributed by atoms with E-state index < -0.39 is 0 Å². The number of hydrogen-bond acceptors (Lipinski definition) is 3. The maximum absolute atomic E-state index is 11.4. The second kappa shape index (κ2) is 2.31. The van der Waals surface area contributed by atoms with Crippen LogP contribution in [0.3, 0.4) is 0 Å². The monoisotopic (exact) mass is 194 g/mol. The van der Waals surface area contributed by atoms with E-state index in [1.165, 1.54) is 12.8 Å². The van der Waals surface area contributed by atoms with Crippen LogP contribution in [0.15, 0.2) is 9.32 Å². The van der Waals surface area contributed by atoms with Gasteiger partial charge in [0.05, 0.1) is 16.8 Å². The lowest BCUT2D eigenvalue weighted by molar-refractivity contribution is 0.115. The van der Waals surface area contributed by atoms with Crippen LogP contribution in [-0.2, 0) is 12.1 Å². The normalized spacial score (nSPS) is 25.3. The van der Waals surface area contributed by atoms with Gasteiger partial charge in [0.25, 0.3) is 0 Å². The zero-order valence-electron chi connectivity index (χ0n) is 8.46. The molecule has 1 aliphatic heterocycles. The third-order valence-corrected chi connectivity index (χ3v) is 3.44. The predicted octanol–water partition coefficient (Wildman–Crippen LogP) is 1.18. The Hall–Kier alpha value is -1.03. The Morgan fingerprint density at radius 1 is 1.50 bits per heavy atom. The Morgan fingerprint density at radius 3 is 2.79 bits per heavy atom. The molecule has 4 nitrogen and oxygen atoms in total. The van der Waals surface area contributed by atoms with Crippen LogP contribution in [0.25, 0.3) is 0 Å². The van der Waals surface area contributed by atoms with Crippen molar-refractivity contribution in [2.45, 2.75) is 44.8 Å². The highest BCUT2D eigenvalue weighted by molar-refractivity contribution is 5.29. The SMILES string of the molecule is CC1(C)c2[nH]oc(=O)c2CN1C1CC1. The van der Waals surface area contributed by atoms with Crippen LogP contribution in [0.5, 0.6) is 0 Å². The fourth-order valence-electron chi connectivity index (χ4n) is 2.44. The minimum Gasteiger partial charge on any atom is -0.338 e. The van der Waals surface area contributed by atoms with E-state index >= 15 is 0 Å². The second-order valence-electron chi connectivity index (χ2n) is 4.76. The summed E-state index contributed by atoms with van der Waals surface area (Å²) in [6.45, 7) is 5.03. The van der Waals surface area contributed by atoms with E-state index in [2.05, 4.69) is 23.9 Å². The van der Waals surface area contributed by atoms with Crippen LogP contribution >= 0.6 is 0 Å². The van der Waals surface area contributed by atoms with Crippen LogP contribution in [-0.4, -0.2) is 16.1 Å². The van der Waals surface area contributed by atoms with Gasteiger partial charge in [-0.1, -0.05) is 0 Å². The lowest BCUT2D eigenvalue weighted by atomic mass is 10.0. The van der Waals surface area contributed by atoms with Gasteiger partial charge in [-0.15, -0.1) is 0 Å². The van der Waals surface area contributed by atoms with Crippen molar-refractivity contribution in [1.29, 1.82) is 0 Å². The number of aromatic nitrogens is 1. The van der Waals surface area contributed by atoms with E-state index in [0.717, 1.165) is 17.8 Å². The van der Waals surface area contributed by atoms with Gasteiger partial charge in [0, 0.05) is 12.6 Å². The summed E-state index contributed by atoms with van der Waals surface area (Å²) >= 11 is 0. The smallest absolute Gasteiger partial charge is 0.338 e. The largest absolute Gasteiger partial charge is 0.362 e. The fourth-order valence-corrected chi connectivity index (χ4v) is 2.44. The number of nitrogens with zero attached hydrogens (tertiary/aromatic N) is 1. The van der Waals surface area contributed by atoms with Gasteiger partial charge < -0.3 is 4.52 Å². The van der Waals surface area contributed by atoms with Crippen LogP contribution in [0, 0.1) is 0 Å². The molecule has 4 heteroatoms. The first kappa shape index (κ1) is 8.29. The molecule has 1 aromatic heterocycles. The number of fused-ring (bicyclic) bond motifs is 1. The highest BCUT2D eigenvalue weighted by atomic mass is 16.5. The summed E-state index contributed by atoms with van der Waals surface area (Å²) in [4.78, 5) is 13.8. The van der Waals surface area contributed by atoms with Gasteiger partial charge in [-0.2, -0.15) is 0 Å². The van der Waals surface area contributed by atoms with Crippen molar-refractivity contribution >= 4 is 0 Å². The lowest BCUT2D eigenvalue weighted by Gasteiger charge is -2.31. The number of nitrogens with one attached hydrogen (secondary N) is 1. The van der Waals surface area contributed by atoms with Crippen molar-refractivity contribution in [2.24, 2.45) is 0 Å². The van der Waals surface area contributed by atoms with Gasteiger partial charge in [0.15, 0.2) is 0 Å². The van der Waals surface area contributed by atoms with Crippen molar-refractivity contribution in [3.8, 4) is 0 Å². The molecule has 0 aromatic carbocycles. The van der Waals surface area contributed by atoms with Gasteiger partial charge in [-0.05, 0) is 26.7 Å². The molecule has 1 fully saturated rings. The molecule has 2 heterocycles. The van der Waals surface area contributed by atoms with E-state index in [1.54, 1.807) is 0 Å². The Balaban J connectivity index is 2.09. The Morgan fingerprint density at radius 2 is 2.21 bits per heavy atom. The summed E-state index contributed by atoms with van der Waals surface area (Å²) in [5.41, 5.74) is 1.52. The van der Waals surface area contributed by atoms with Crippen LogP contribution in [0.1, 0.15) is 37.9 Å². The van der Waals surface area contributed by atoms with E-state index in [4.69, 9.17) is 4.52 Å². The summed E-state index contributed by atoms with van der Waals surface area (Å²) in [5, 5.41) is 2.76. The Bertz CT molecular complexity index is 426. The molecule has 0 unspecified atom stereocenters. The minimum atomic E-state index is -0.198. The van der Waals surface area contributed by atoms with Crippen molar-refractivity contribution in [1.82, 2.24) is 10.1 Å². The Labute approximate surface area is 81.9 Å². The number of hydrogen-bond donors (Lipinski definition) is 1. The minimum absolute atomic E-state index is 0.0668. The fraction of sp³-hybridized carbons (Fsp3) is 0.700. The van der Waals surface area contributed by atoms with Crippen molar-refractivity contribution in [3.05, 3.63) is 21.7 Å². The van der Waals surface area contributed by atoms with Crippen molar-refractivity contribution < 1.29 is 4.52 Å². The predicted molar refractivity (Wildman–Crippen MR) is 50.9 cm³/mol. The molecular formula is C10H14N2O2. The van der Waals surface area contributed by atoms with Gasteiger partial charge in [0.2, 0.25) is 0 Å². The molecule has 0 saturated heterocycles. The van der Waals surface area contributed by atoms with E-state index in [9.17, 15) is 4.79 Å². The van der Waals surface area contributed by atoms with E-state index in [-0.39, 0.29) is 11.2 Å². The van der Waals surface area contributed by atoms with Gasteiger partial charge in [0.1, 0.15) is 0 Å². The molecule has 2 aliphatic rings. The van der Waals surface area contributed by atoms with Gasteiger partial charge in [-0.3, -0.25) is 4.90 Å². The average molecular weight is 194 g/mol. The molecule has 1 N–H and O–H groups in total. The first-order valence-corrected chi connectivity index (χ1v) is 5.08. The van der Waals surface area contributed by atoms with Crippen molar-refractivity contribution in [2.75, 3.05) is 0 Å². The maximum Gasteiger partial charge on any atom is 0.362 e. The summed E-state index contributed by atoms with van der Waals surface area (Å²) < 4.78 is 4.81. The average Bonchev–Trinajstić information content (AvgIpc) is 2.82. The zero-order valence-corrected chi connectivity index (χ0v) is 8.46. The molecule has 76 valence electrons. The summed E-state index contributed by atoms with van der Waals surface area (Å²) in [5.74, 6) is 0. The lowest BCUT2D eigenvalue weighted by Crippen LogP contribution is -2.37. The molecule has 14 heavy (non-hydrogen) atoms. The molecule has 1 aliphatic carbocycles. The summed E-state index contributed by atoms with van der Waals surface area (Å²) in [7, 11) is 0. The van der Waals surface area contributed by atoms with Crippen LogP contribution in [0.2, 0.25) is 0 Å². The molecule has 0 radical (unpaired) electrons. The summed E-state index contributed by atoms with van der Waals surface area (Å²) in [6.07, 6.45) is 2.53. The second-order valence-corrected chi connectivity index (χ2v) is 4.76. The zero-order chi connectivity index (χ0) is 9.92. The first-order chi connectivity index (χ1) is 6.60. The highest BCUT2D eigenvalue weighted by Crippen LogP contribution is 2.43.